The molecule has 0 unspecified atom stereocenters. The topological polar surface area (TPSA) is 60.5 Å². The molecule has 1 aromatic heterocycles. The summed E-state index contributed by atoms with van der Waals surface area (Å²) in [6, 6.07) is 5.68. The fourth-order valence-electron chi connectivity index (χ4n) is 1.91. The predicted molar refractivity (Wildman–Crippen MR) is 81.1 cm³/mol. The number of nitrogens with one attached hydrogen (secondary N) is 1. The summed E-state index contributed by atoms with van der Waals surface area (Å²) in [5.74, 6) is 1.05. The molecule has 0 saturated heterocycles. The van der Waals surface area contributed by atoms with E-state index >= 15 is 0 Å². The zero-order chi connectivity index (χ0) is 14.5. The summed E-state index contributed by atoms with van der Waals surface area (Å²) in [5.41, 5.74) is 0. The zero-order valence-electron chi connectivity index (χ0n) is 11.3. The molecular weight excluding hydrogens is 324 g/mol. The van der Waals surface area contributed by atoms with E-state index in [-0.39, 0.29) is 12.5 Å². The second-order valence-corrected chi connectivity index (χ2v) is 4.85. The van der Waals surface area contributed by atoms with Crippen molar-refractivity contribution in [2.24, 2.45) is 0 Å². The summed E-state index contributed by atoms with van der Waals surface area (Å²) in [6.45, 7) is 2.22. The molecule has 1 heterocycles. The van der Waals surface area contributed by atoms with E-state index in [9.17, 15) is 4.79 Å². The normalized spacial score (nSPS) is 10.3. The van der Waals surface area contributed by atoms with Crippen molar-refractivity contribution < 1.29 is 14.3 Å². The molecule has 0 saturated carbocycles. The minimum absolute atomic E-state index is 0.0782. The molecule has 2 rings (SSSR count). The molecule has 1 N–H and O–H groups in total. The lowest BCUT2D eigenvalue weighted by Crippen LogP contribution is -2.17. The van der Waals surface area contributed by atoms with Gasteiger partial charge >= 0.3 is 5.97 Å². The Labute approximate surface area is 125 Å². The van der Waals surface area contributed by atoms with E-state index < -0.39 is 0 Å². The zero-order valence-corrected chi connectivity index (χ0v) is 12.9. The minimum Gasteiger partial charge on any atom is -0.496 e. The molecule has 0 amide bonds. The summed E-state index contributed by atoms with van der Waals surface area (Å²) in [5, 5.41) is 4.78. The third kappa shape index (κ3) is 3.01. The summed E-state index contributed by atoms with van der Waals surface area (Å²) in [6.07, 6.45) is 1.68. The van der Waals surface area contributed by atoms with Crippen molar-refractivity contribution in [2.75, 3.05) is 25.6 Å². The Morgan fingerprint density at radius 3 is 2.95 bits per heavy atom. The van der Waals surface area contributed by atoms with E-state index in [1.807, 2.05) is 18.2 Å². The lowest BCUT2D eigenvalue weighted by atomic mass is 10.1. The number of nitrogens with zero attached hydrogens (tertiary/aromatic N) is 1. The fourth-order valence-corrected chi connectivity index (χ4v) is 2.42. The van der Waals surface area contributed by atoms with Crippen molar-refractivity contribution >= 4 is 38.5 Å². The van der Waals surface area contributed by atoms with E-state index in [2.05, 4.69) is 26.2 Å². The van der Waals surface area contributed by atoms with E-state index in [1.54, 1.807) is 20.2 Å². The van der Waals surface area contributed by atoms with Gasteiger partial charge in [-0.25, -0.2) is 4.98 Å². The first kappa shape index (κ1) is 14.6. The average Bonchev–Trinajstić information content (AvgIpc) is 2.46. The van der Waals surface area contributed by atoms with Crippen LogP contribution < -0.4 is 10.1 Å². The third-order valence-corrected chi connectivity index (χ3v) is 3.35. The number of benzene rings is 1. The maximum atomic E-state index is 11.4. The molecule has 5 nitrogen and oxygen atoms in total. The van der Waals surface area contributed by atoms with Gasteiger partial charge in [0, 0.05) is 21.4 Å². The number of anilines is 1. The Morgan fingerprint density at radius 1 is 1.45 bits per heavy atom. The van der Waals surface area contributed by atoms with E-state index in [4.69, 9.17) is 9.47 Å². The van der Waals surface area contributed by atoms with E-state index in [0.29, 0.717) is 12.4 Å². The maximum Gasteiger partial charge on any atom is 0.325 e. The predicted octanol–water partition coefficient (Wildman–Crippen LogP) is 2.98. The molecule has 0 aliphatic rings. The second kappa shape index (κ2) is 6.56. The number of halogens is 1. The molecular formula is C14H15BrN2O3. The Bertz CT molecular complexity index is 631. The first-order valence-electron chi connectivity index (χ1n) is 6.18. The number of pyridine rings is 1. The highest BCUT2D eigenvalue weighted by molar-refractivity contribution is 9.10. The Balaban J connectivity index is 2.35. The molecule has 0 radical (unpaired) electrons. The standard InChI is InChI=1S/C14H15BrN2O3/c1-3-20-12(18)8-17-14-9-5-4-6-11(19-2)13(9)10(15)7-16-14/h4-7H,3,8H2,1-2H3,(H,16,17). The molecule has 0 bridgehead atoms. The summed E-state index contributed by atoms with van der Waals surface area (Å²) in [7, 11) is 1.62. The number of rotatable bonds is 5. The Kier molecular flexibility index (Phi) is 4.79. The van der Waals surface area contributed by atoms with Gasteiger partial charge in [-0.05, 0) is 28.9 Å². The number of esters is 1. The second-order valence-electron chi connectivity index (χ2n) is 4.00. The van der Waals surface area contributed by atoms with Gasteiger partial charge in [0.15, 0.2) is 0 Å². The van der Waals surface area contributed by atoms with E-state index in [0.717, 1.165) is 21.0 Å². The molecule has 106 valence electrons. The highest BCUT2D eigenvalue weighted by Gasteiger charge is 2.11. The number of methoxy groups -OCH3 is 1. The largest absolute Gasteiger partial charge is 0.496 e. The first-order valence-corrected chi connectivity index (χ1v) is 6.97. The van der Waals surface area contributed by atoms with Crippen molar-refractivity contribution in [3.63, 3.8) is 0 Å². The van der Waals surface area contributed by atoms with Gasteiger partial charge in [-0.3, -0.25) is 4.79 Å². The summed E-state index contributed by atoms with van der Waals surface area (Å²) in [4.78, 5) is 15.7. The van der Waals surface area contributed by atoms with Crippen LogP contribution in [-0.4, -0.2) is 31.2 Å². The monoisotopic (exact) mass is 338 g/mol. The summed E-state index contributed by atoms with van der Waals surface area (Å²) < 4.78 is 11.1. The molecule has 0 atom stereocenters. The quantitative estimate of drug-likeness (QED) is 0.849. The number of hydrogen-bond acceptors (Lipinski definition) is 5. The molecule has 0 fully saturated rings. The van der Waals surface area contributed by atoms with Crippen LogP contribution in [0.3, 0.4) is 0 Å². The van der Waals surface area contributed by atoms with Gasteiger partial charge in [-0.2, -0.15) is 0 Å². The molecule has 0 aliphatic carbocycles. The number of ether oxygens (including phenoxy) is 2. The van der Waals surface area contributed by atoms with Crippen molar-refractivity contribution in [3.8, 4) is 5.75 Å². The van der Waals surface area contributed by atoms with Gasteiger partial charge in [0.2, 0.25) is 0 Å². The lowest BCUT2D eigenvalue weighted by molar-refractivity contribution is -0.140. The minimum atomic E-state index is -0.312. The van der Waals surface area contributed by atoms with Crippen molar-refractivity contribution in [1.29, 1.82) is 0 Å². The van der Waals surface area contributed by atoms with Crippen LogP contribution in [0.4, 0.5) is 5.82 Å². The molecule has 0 spiro atoms. The molecule has 2 aromatic rings. The van der Waals surface area contributed by atoms with Crippen molar-refractivity contribution in [1.82, 2.24) is 4.98 Å². The maximum absolute atomic E-state index is 11.4. The Morgan fingerprint density at radius 2 is 2.25 bits per heavy atom. The van der Waals surface area contributed by atoms with Gasteiger partial charge in [0.25, 0.3) is 0 Å². The van der Waals surface area contributed by atoms with Crippen molar-refractivity contribution in [3.05, 3.63) is 28.9 Å². The van der Waals surface area contributed by atoms with Crippen LogP contribution in [0.25, 0.3) is 10.8 Å². The SMILES string of the molecule is CCOC(=O)CNc1ncc(Br)c2c(OC)cccc12. The molecule has 20 heavy (non-hydrogen) atoms. The molecule has 0 aliphatic heterocycles. The van der Waals surface area contributed by atoms with Crippen LogP contribution in [0.1, 0.15) is 6.92 Å². The lowest BCUT2D eigenvalue weighted by Gasteiger charge is -2.12. The van der Waals surface area contributed by atoms with Gasteiger partial charge in [0.05, 0.1) is 13.7 Å². The third-order valence-electron chi connectivity index (χ3n) is 2.75. The van der Waals surface area contributed by atoms with Gasteiger partial charge in [0.1, 0.15) is 18.1 Å². The highest BCUT2D eigenvalue weighted by Crippen LogP contribution is 2.34. The van der Waals surface area contributed by atoms with Crippen LogP contribution in [0.15, 0.2) is 28.9 Å². The van der Waals surface area contributed by atoms with E-state index in [1.165, 1.54) is 0 Å². The number of aromatic nitrogens is 1. The van der Waals surface area contributed by atoms with Crippen LogP contribution in [-0.2, 0) is 9.53 Å². The Hall–Kier alpha value is -1.82. The van der Waals surface area contributed by atoms with Crippen LogP contribution in [0.5, 0.6) is 5.75 Å². The number of carbonyl (C=O) groups is 1. The summed E-state index contributed by atoms with van der Waals surface area (Å²) >= 11 is 3.47. The van der Waals surface area contributed by atoms with Gasteiger partial charge in [-0.1, -0.05) is 12.1 Å². The van der Waals surface area contributed by atoms with Gasteiger partial charge in [-0.15, -0.1) is 0 Å². The smallest absolute Gasteiger partial charge is 0.325 e. The van der Waals surface area contributed by atoms with Crippen molar-refractivity contribution in [2.45, 2.75) is 6.92 Å². The van der Waals surface area contributed by atoms with Gasteiger partial charge < -0.3 is 14.8 Å². The molecule has 1 aromatic carbocycles. The van der Waals surface area contributed by atoms with Crippen LogP contribution in [0.2, 0.25) is 0 Å². The number of fused-ring (bicyclic) bond motifs is 1. The fraction of sp³-hybridized carbons (Fsp3) is 0.286. The number of carbonyl (C=O) groups excluding carboxylic acids is 1. The molecule has 6 heteroatoms. The average molecular weight is 339 g/mol. The number of hydrogen-bond donors (Lipinski definition) is 1. The van der Waals surface area contributed by atoms with Crippen LogP contribution in [0, 0.1) is 0 Å². The first-order chi connectivity index (χ1) is 9.67. The highest BCUT2D eigenvalue weighted by atomic mass is 79.9. The van der Waals surface area contributed by atoms with Crippen LogP contribution >= 0.6 is 15.9 Å².